The Bertz CT molecular complexity index is 1280. The van der Waals surface area contributed by atoms with Crippen LogP contribution >= 0.6 is 7.75 Å². The SMILES string of the molecule is CNc1ccn(C2OC(COP(=O)(NC3CCOC3=O)Oc3ccccc3)C(OC(C)=O)C2(F)F)c(=O)n1. The molecule has 2 aliphatic heterocycles. The first-order valence-corrected chi connectivity index (χ1v) is 13.0. The van der Waals surface area contributed by atoms with E-state index in [1.54, 1.807) is 18.2 Å². The van der Waals surface area contributed by atoms with Gasteiger partial charge in [-0.05, 0) is 18.2 Å². The highest BCUT2D eigenvalue weighted by atomic mass is 31.2. The third kappa shape index (κ3) is 6.01. The highest BCUT2D eigenvalue weighted by molar-refractivity contribution is 7.52. The van der Waals surface area contributed by atoms with Gasteiger partial charge in [-0.25, -0.2) is 9.36 Å². The number of para-hydroxylation sites is 1. The molecule has 5 unspecified atom stereocenters. The molecule has 16 heteroatoms. The average molecular weight is 558 g/mol. The fourth-order valence-electron chi connectivity index (χ4n) is 3.84. The topological polar surface area (TPSA) is 156 Å². The minimum atomic E-state index is -4.40. The Morgan fingerprint density at radius 2 is 2.00 bits per heavy atom. The lowest BCUT2D eigenvalue weighted by atomic mass is 10.1. The second kappa shape index (κ2) is 11.2. The second-order valence-electron chi connectivity index (χ2n) is 8.32. The van der Waals surface area contributed by atoms with Gasteiger partial charge < -0.3 is 24.1 Å². The molecule has 38 heavy (non-hydrogen) atoms. The molecule has 5 atom stereocenters. The van der Waals surface area contributed by atoms with Crippen LogP contribution in [0.3, 0.4) is 0 Å². The van der Waals surface area contributed by atoms with E-state index in [-0.39, 0.29) is 24.6 Å². The molecule has 0 bridgehead atoms. The highest BCUT2D eigenvalue weighted by Crippen LogP contribution is 2.49. The molecule has 2 saturated heterocycles. The predicted molar refractivity (Wildman–Crippen MR) is 126 cm³/mol. The summed E-state index contributed by atoms with van der Waals surface area (Å²) in [5.41, 5.74) is -1.05. The van der Waals surface area contributed by atoms with Crippen molar-refractivity contribution in [2.45, 2.75) is 43.7 Å². The van der Waals surface area contributed by atoms with Crippen LogP contribution in [-0.2, 0) is 32.9 Å². The normalized spacial score (nSPS) is 25.8. The Kier molecular flexibility index (Phi) is 8.11. The van der Waals surface area contributed by atoms with Gasteiger partial charge in [0, 0.05) is 26.6 Å². The average Bonchev–Trinajstić information content (AvgIpc) is 3.37. The molecule has 3 heterocycles. The fraction of sp³-hybridized carbons (Fsp3) is 0.455. The molecule has 2 fully saturated rings. The molecule has 1 aromatic heterocycles. The van der Waals surface area contributed by atoms with Crippen LogP contribution in [0, 0.1) is 0 Å². The summed E-state index contributed by atoms with van der Waals surface area (Å²) in [4.78, 5) is 39.6. The van der Waals surface area contributed by atoms with Crippen LogP contribution in [0.2, 0.25) is 0 Å². The van der Waals surface area contributed by atoms with E-state index in [1.165, 1.54) is 25.2 Å². The summed E-state index contributed by atoms with van der Waals surface area (Å²) >= 11 is 0. The number of aromatic nitrogens is 2. The van der Waals surface area contributed by atoms with Crippen LogP contribution in [0.5, 0.6) is 5.75 Å². The molecule has 2 N–H and O–H groups in total. The molecule has 206 valence electrons. The monoisotopic (exact) mass is 558 g/mol. The van der Waals surface area contributed by atoms with Crippen molar-refractivity contribution in [3.63, 3.8) is 0 Å². The summed E-state index contributed by atoms with van der Waals surface area (Å²) in [6, 6.07) is 8.04. The highest BCUT2D eigenvalue weighted by Gasteiger charge is 2.62. The van der Waals surface area contributed by atoms with E-state index in [1.807, 2.05) is 0 Å². The molecule has 0 amide bonds. The van der Waals surface area contributed by atoms with Gasteiger partial charge in [-0.2, -0.15) is 18.9 Å². The molecule has 2 aliphatic rings. The van der Waals surface area contributed by atoms with Gasteiger partial charge in [-0.15, -0.1) is 0 Å². The fourth-order valence-corrected chi connectivity index (χ4v) is 5.38. The maximum absolute atomic E-state index is 15.4. The van der Waals surface area contributed by atoms with E-state index in [9.17, 15) is 18.9 Å². The Morgan fingerprint density at radius 1 is 1.26 bits per heavy atom. The van der Waals surface area contributed by atoms with Gasteiger partial charge in [-0.1, -0.05) is 18.2 Å². The number of halogens is 2. The first-order valence-electron chi connectivity index (χ1n) is 11.4. The number of nitrogens with one attached hydrogen (secondary N) is 2. The van der Waals surface area contributed by atoms with Gasteiger partial charge in [0.15, 0.2) is 6.10 Å². The summed E-state index contributed by atoms with van der Waals surface area (Å²) in [5, 5.41) is 5.08. The maximum atomic E-state index is 15.4. The Hall–Kier alpha value is -3.39. The van der Waals surface area contributed by atoms with Crippen molar-refractivity contribution in [3.05, 3.63) is 53.1 Å². The van der Waals surface area contributed by atoms with Gasteiger partial charge in [0.1, 0.15) is 23.7 Å². The number of cyclic esters (lactones) is 1. The number of ether oxygens (including phenoxy) is 3. The predicted octanol–water partition coefficient (Wildman–Crippen LogP) is 1.86. The number of esters is 2. The molecule has 2 aromatic rings. The second-order valence-corrected chi connectivity index (χ2v) is 10.0. The van der Waals surface area contributed by atoms with Crippen molar-refractivity contribution in [1.29, 1.82) is 0 Å². The summed E-state index contributed by atoms with van der Waals surface area (Å²) in [6.45, 7) is 0.165. The number of carbonyl (C=O) groups excluding carboxylic acids is 2. The van der Waals surface area contributed by atoms with Gasteiger partial charge in [0.05, 0.1) is 13.2 Å². The van der Waals surface area contributed by atoms with Crippen molar-refractivity contribution in [2.75, 3.05) is 25.6 Å². The van der Waals surface area contributed by atoms with Crippen LogP contribution < -0.4 is 20.6 Å². The molecule has 0 spiro atoms. The van der Waals surface area contributed by atoms with E-state index >= 15 is 8.78 Å². The van der Waals surface area contributed by atoms with Crippen molar-refractivity contribution in [2.24, 2.45) is 0 Å². The first kappa shape index (κ1) is 27.6. The molecule has 1 aromatic carbocycles. The number of hydrogen-bond donors (Lipinski definition) is 2. The molecule has 13 nitrogen and oxygen atoms in total. The van der Waals surface area contributed by atoms with Crippen LogP contribution in [-0.4, -0.2) is 65.9 Å². The van der Waals surface area contributed by atoms with E-state index in [2.05, 4.69) is 15.4 Å². The van der Waals surface area contributed by atoms with E-state index < -0.39 is 62.4 Å². The summed E-state index contributed by atoms with van der Waals surface area (Å²) in [5.74, 6) is -5.41. The number of hydrogen-bond acceptors (Lipinski definition) is 11. The zero-order valence-corrected chi connectivity index (χ0v) is 21.1. The van der Waals surface area contributed by atoms with Crippen molar-refractivity contribution >= 4 is 25.5 Å². The smallest absolute Gasteiger partial charge is 0.459 e. The van der Waals surface area contributed by atoms with Crippen molar-refractivity contribution < 1.29 is 46.2 Å². The van der Waals surface area contributed by atoms with Gasteiger partial charge in [0.25, 0.3) is 0 Å². The Labute approximate surface area is 215 Å². The van der Waals surface area contributed by atoms with Crippen LogP contribution in [0.15, 0.2) is 47.4 Å². The summed E-state index contributed by atoms with van der Waals surface area (Å²) < 4.78 is 71.1. The number of anilines is 1. The van der Waals surface area contributed by atoms with Crippen LogP contribution in [0.1, 0.15) is 19.6 Å². The first-order chi connectivity index (χ1) is 18.0. The number of benzene rings is 1. The van der Waals surface area contributed by atoms with Gasteiger partial charge >= 0.3 is 31.3 Å². The molecular formula is C22H25F2N4O9P. The minimum absolute atomic E-state index is 0.0745. The number of carbonyl (C=O) groups is 2. The van der Waals surface area contributed by atoms with E-state index in [0.717, 1.165) is 13.1 Å². The van der Waals surface area contributed by atoms with Gasteiger partial charge in [-0.3, -0.25) is 18.7 Å². The lowest BCUT2D eigenvalue weighted by molar-refractivity contribution is -0.174. The van der Waals surface area contributed by atoms with Crippen LogP contribution in [0.25, 0.3) is 0 Å². The zero-order valence-electron chi connectivity index (χ0n) is 20.2. The van der Waals surface area contributed by atoms with E-state index in [4.69, 9.17) is 23.3 Å². The molecule has 0 saturated carbocycles. The maximum Gasteiger partial charge on any atom is 0.459 e. The third-order valence-corrected chi connectivity index (χ3v) is 7.18. The molecular weight excluding hydrogens is 533 g/mol. The van der Waals surface area contributed by atoms with Crippen molar-refractivity contribution in [1.82, 2.24) is 14.6 Å². The summed E-state index contributed by atoms with van der Waals surface area (Å²) in [6.07, 6.45) is -4.93. The van der Waals surface area contributed by atoms with Crippen LogP contribution in [0.4, 0.5) is 14.6 Å². The number of nitrogens with zero attached hydrogens (tertiary/aromatic N) is 2. The zero-order chi connectivity index (χ0) is 27.5. The molecule has 0 aliphatic carbocycles. The lowest BCUT2D eigenvalue weighted by Gasteiger charge is -2.25. The minimum Gasteiger partial charge on any atom is -0.464 e. The Morgan fingerprint density at radius 3 is 2.61 bits per heavy atom. The standard InChI is InChI=1S/C22H25F2N4O9P/c1-13(29)35-18-16(36-20(22(18,23)24)28-10-8-17(25-2)26-21(28)31)12-34-38(32,27-15-9-11-33-19(15)30)37-14-6-4-3-5-7-14/h3-8,10,15-16,18,20H,9,11-12H2,1-2H3,(H,27,32)(H,25,26,31). The van der Waals surface area contributed by atoms with Gasteiger partial charge in [0.2, 0.25) is 6.23 Å². The summed E-state index contributed by atoms with van der Waals surface area (Å²) in [7, 11) is -2.91. The third-order valence-electron chi connectivity index (χ3n) is 5.61. The number of rotatable bonds is 10. The lowest BCUT2D eigenvalue weighted by Crippen LogP contribution is -2.44. The molecule has 4 rings (SSSR count). The van der Waals surface area contributed by atoms with E-state index in [0.29, 0.717) is 4.57 Å². The Balaban J connectivity index is 1.59. The quantitative estimate of drug-likeness (QED) is 0.323. The number of alkyl halides is 2. The van der Waals surface area contributed by atoms with Crippen molar-refractivity contribution in [3.8, 4) is 5.75 Å². The largest absolute Gasteiger partial charge is 0.464 e. The molecule has 0 radical (unpaired) electrons.